The average molecular weight is 212 g/mol. The quantitative estimate of drug-likeness (QED) is 0.729. The van der Waals surface area contributed by atoms with Gasteiger partial charge in [-0.05, 0) is 19.9 Å². The molecule has 1 N–H and O–H groups in total. The van der Waals surface area contributed by atoms with E-state index in [2.05, 4.69) is 0 Å². The lowest BCUT2D eigenvalue weighted by molar-refractivity contribution is -0.140. The zero-order valence-corrected chi connectivity index (χ0v) is 10.1. The second-order valence-corrected chi connectivity index (χ2v) is 4.81. The van der Waals surface area contributed by atoms with Crippen molar-refractivity contribution in [1.29, 1.82) is 0 Å². The van der Waals surface area contributed by atoms with E-state index >= 15 is 0 Å². The molecular weight excluding hydrogens is 192 g/mol. The van der Waals surface area contributed by atoms with Gasteiger partial charge in [-0.25, -0.2) is 0 Å². The number of ether oxygens (including phenoxy) is 1. The van der Waals surface area contributed by atoms with E-state index in [4.69, 9.17) is 9.84 Å². The number of allylic oxidation sites excluding steroid dienone is 2. The highest BCUT2D eigenvalue weighted by molar-refractivity contribution is 5.78. The van der Waals surface area contributed by atoms with Crippen molar-refractivity contribution in [2.75, 3.05) is 0 Å². The molecule has 0 aliphatic heterocycles. The van der Waals surface area contributed by atoms with Gasteiger partial charge in [-0.15, -0.1) is 0 Å². The molecule has 1 saturated carbocycles. The molecule has 0 aromatic rings. The number of carboxylic acids is 1. The molecule has 2 unspecified atom stereocenters. The number of carboxylic acid groups (broad SMARTS) is 1. The van der Waals surface area contributed by atoms with Crippen LogP contribution in [0.2, 0.25) is 0 Å². The second kappa shape index (κ2) is 3.54. The average Bonchev–Trinajstić information content (AvgIpc) is 2.56. The zero-order valence-electron chi connectivity index (χ0n) is 10.1. The summed E-state index contributed by atoms with van der Waals surface area (Å²) in [6, 6.07) is 0. The Bertz CT molecular complexity index is 304. The Kier molecular flexibility index (Phi) is 2.85. The maximum atomic E-state index is 11.1. The minimum absolute atomic E-state index is 0.289. The van der Waals surface area contributed by atoms with Crippen LogP contribution in [0.15, 0.2) is 11.8 Å². The maximum Gasteiger partial charge on any atom is 0.311 e. The largest absolute Gasteiger partial charge is 0.491 e. The fourth-order valence-electron chi connectivity index (χ4n) is 2.28. The molecule has 1 aliphatic carbocycles. The van der Waals surface area contributed by atoms with E-state index in [9.17, 15) is 4.79 Å². The van der Waals surface area contributed by atoms with Crippen LogP contribution < -0.4 is 0 Å². The molecule has 3 heteroatoms. The zero-order chi connectivity index (χ0) is 11.9. The summed E-state index contributed by atoms with van der Waals surface area (Å²) in [7, 11) is 0. The third kappa shape index (κ3) is 1.64. The standard InChI is InChI=1S/C12H20O3/c1-6-8(7-2)15-12(5)9(10(13)14)11(12,3)4/h6,9H,7H2,1-5H3,(H,13,14). The Hall–Kier alpha value is -0.990. The van der Waals surface area contributed by atoms with E-state index in [1.165, 1.54) is 0 Å². The molecular formula is C12H20O3. The molecule has 0 aromatic heterocycles. The number of hydrogen-bond donors (Lipinski definition) is 1. The first-order chi connectivity index (χ1) is 6.81. The highest BCUT2D eigenvalue weighted by Crippen LogP contribution is 2.64. The summed E-state index contributed by atoms with van der Waals surface area (Å²) in [5.41, 5.74) is -0.848. The van der Waals surface area contributed by atoms with Crippen molar-refractivity contribution in [1.82, 2.24) is 0 Å². The highest BCUT2D eigenvalue weighted by atomic mass is 16.5. The van der Waals surface area contributed by atoms with Crippen LogP contribution in [-0.4, -0.2) is 16.7 Å². The van der Waals surface area contributed by atoms with Gasteiger partial charge in [0.25, 0.3) is 0 Å². The molecule has 2 atom stereocenters. The van der Waals surface area contributed by atoms with Crippen molar-refractivity contribution in [2.24, 2.45) is 11.3 Å². The normalized spacial score (nSPS) is 33.7. The SMILES string of the molecule is CC=C(CC)OC1(C)C(C(=O)O)C1(C)C. The minimum atomic E-state index is -0.769. The van der Waals surface area contributed by atoms with Gasteiger partial charge in [-0.2, -0.15) is 0 Å². The highest BCUT2D eigenvalue weighted by Gasteiger charge is 2.74. The fourth-order valence-corrected chi connectivity index (χ4v) is 2.28. The van der Waals surface area contributed by atoms with E-state index in [-0.39, 0.29) is 5.41 Å². The fraction of sp³-hybridized carbons (Fsp3) is 0.750. The molecule has 0 saturated heterocycles. The van der Waals surface area contributed by atoms with Crippen molar-refractivity contribution in [3.63, 3.8) is 0 Å². The van der Waals surface area contributed by atoms with Crippen LogP contribution in [-0.2, 0) is 9.53 Å². The maximum absolute atomic E-state index is 11.1. The van der Waals surface area contributed by atoms with Crippen LogP contribution in [0.4, 0.5) is 0 Å². The van der Waals surface area contributed by atoms with Crippen LogP contribution in [0.25, 0.3) is 0 Å². The first-order valence-electron chi connectivity index (χ1n) is 5.38. The Morgan fingerprint density at radius 2 is 2.00 bits per heavy atom. The van der Waals surface area contributed by atoms with Crippen LogP contribution in [0.1, 0.15) is 41.0 Å². The van der Waals surface area contributed by atoms with E-state index < -0.39 is 17.5 Å². The summed E-state index contributed by atoms with van der Waals surface area (Å²) in [4.78, 5) is 11.1. The van der Waals surface area contributed by atoms with Crippen molar-refractivity contribution in [3.05, 3.63) is 11.8 Å². The van der Waals surface area contributed by atoms with Gasteiger partial charge in [0.15, 0.2) is 0 Å². The van der Waals surface area contributed by atoms with Gasteiger partial charge >= 0.3 is 5.97 Å². The third-order valence-corrected chi connectivity index (χ3v) is 3.73. The monoisotopic (exact) mass is 212 g/mol. The van der Waals surface area contributed by atoms with Gasteiger partial charge in [-0.1, -0.05) is 20.8 Å². The van der Waals surface area contributed by atoms with Gasteiger partial charge in [0, 0.05) is 11.8 Å². The second-order valence-electron chi connectivity index (χ2n) is 4.81. The van der Waals surface area contributed by atoms with E-state index in [1.807, 2.05) is 40.7 Å². The number of aliphatic carboxylic acids is 1. The first-order valence-corrected chi connectivity index (χ1v) is 5.38. The summed E-state index contributed by atoms with van der Waals surface area (Å²) >= 11 is 0. The summed E-state index contributed by atoms with van der Waals surface area (Å²) in [6.45, 7) is 9.67. The van der Waals surface area contributed by atoms with Gasteiger partial charge in [0.05, 0.1) is 5.76 Å². The lowest BCUT2D eigenvalue weighted by Gasteiger charge is -2.19. The summed E-state index contributed by atoms with van der Waals surface area (Å²) in [6.07, 6.45) is 2.70. The lowest BCUT2D eigenvalue weighted by Crippen LogP contribution is -2.18. The molecule has 3 nitrogen and oxygen atoms in total. The molecule has 86 valence electrons. The van der Waals surface area contributed by atoms with Gasteiger partial charge in [0.1, 0.15) is 11.5 Å². The summed E-state index contributed by atoms with van der Waals surface area (Å²) in [5.74, 6) is -0.310. The molecule has 0 bridgehead atoms. The van der Waals surface area contributed by atoms with Crippen molar-refractivity contribution in [2.45, 2.75) is 46.6 Å². The van der Waals surface area contributed by atoms with Gasteiger partial charge < -0.3 is 9.84 Å². The predicted octanol–water partition coefficient (Wildman–Crippen LogP) is 2.82. The van der Waals surface area contributed by atoms with E-state index in [0.29, 0.717) is 0 Å². The molecule has 1 fully saturated rings. The van der Waals surface area contributed by atoms with Crippen LogP contribution in [0, 0.1) is 11.3 Å². The molecule has 0 spiro atoms. The molecule has 15 heavy (non-hydrogen) atoms. The molecule has 1 rings (SSSR count). The molecule has 0 aromatic carbocycles. The topological polar surface area (TPSA) is 46.5 Å². The minimum Gasteiger partial charge on any atom is -0.491 e. The lowest BCUT2D eigenvalue weighted by atomic mass is 10.1. The first kappa shape index (κ1) is 12.1. The van der Waals surface area contributed by atoms with Crippen LogP contribution in [0.5, 0.6) is 0 Å². The smallest absolute Gasteiger partial charge is 0.311 e. The van der Waals surface area contributed by atoms with Crippen molar-refractivity contribution < 1.29 is 14.6 Å². The molecule has 0 heterocycles. The van der Waals surface area contributed by atoms with Crippen molar-refractivity contribution in [3.8, 4) is 0 Å². The van der Waals surface area contributed by atoms with Gasteiger partial charge in [-0.3, -0.25) is 4.79 Å². The van der Waals surface area contributed by atoms with Crippen LogP contribution in [0.3, 0.4) is 0 Å². The summed E-state index contributed by atoms with van der Waals surface area (Å²) < 4.78 is 5.82. The third-order valence-electron chi connectivity index (χ3n) is 3.73. The summed E-state index contributed by atoms with van der Waals surface area (Å²) in [5, 5.41) is 9.08. The van der Waals surface area contributed by atoms with Crippen molar-refractivity contribution >= 4 is 5.97 Å². The Labute approximate surface area is 91.1 Å². The molecule has 0 amide bonds. The van der Waals surface area contributed by atoms with Gasteiger partial charge in [0.2, 0.25) is 0 Å². The Morgan fingerprint density at radius 3 is 2.27 bits per heavy atom. The number of carbonyl (C=O) groups is 1. The Balaban J connectivity index is 2.83. The van der Waals surface area contributed by atoms with E-state index in [0.717, 1.165) is 12.2 Å². The number of hydrogen-bond acceptors (Lipinski definition) is 2. The molecule has 1 aliphatic rings. The Morgan fingerprint density at radius 1 is 1.47 bits per heavy atom. The van der Waals surface area contributed by atoms with E-state index in [1.54, 1.807) is 0 Å². The number of rotatable bonds is 4. The van der Waals surface area contributed by atoms with Crippen LogP contribution >= 0.6 is 0 Å². The molecule has 0 radical (unpaired) electrons. The predicted molar refractivity (Wildman–Crippen MR) is 58.4 cm³/mol.